The molecule has 2 aromatic carbocycles. The van der Waals surface area contributed by atoms with Gasteiger partial charge in [0.1, 0.15) is 10.6 Å². The lowest BCUT2D eigenvalue weighted by molar-refractivity contribution is 0.340. The summed E-state index contributed by atoms with van der Waals surface area (Å²) in [5.41, 5.74) is 2.34. The largest absolute Gasteiger partial charge is 0.492 e. The van der Waals surface area contributed by atoms with E-state index >= 15 is 0 Å². The lowest BCUT2D eigenvalue weighted by Crippen LogP contribution is -2.14. The standard InChI is InChI=1S/C16H17Cl2NO3S/c1-4-22-15-8-13(18)16(9-12(15)17)23(20,21)19-14-7-5-6-10(2)11(14)3/h5-9,19H,4H2,1-3H3. The normalized spacial score (nSPS) is 11.3. The highest BCUT2D eigenvalue weighted by atomic mass is 35.5. The molecule has 0 bridgehead atoms. The summed E-state index contributed by atoms with van der Waals surface area (Å²) in [6.45, 7) is 5.97. The van der Waals surface area contributed by atoms with Crippen LogP contribution in [0.15, 0.2) is 35.2 Å². The number of benzene rings is 2. The third-order valence-electron chi connectivity index (χ3n) is 3.42. The molecule has 4 nitrogen and oxygen atoms in total. The van der Waals surface area contributed by atoms with E-state index in [9.17, 15) is 8.42 Å². The van der Waals surface area contributed by atoms with Gasteiger partial charge in [-0.2, -0.15) is 0 Å². The van der Waals surface area contributed by atoms with E-state index in [1.807, 2.05) is 19.9 Å². The first-order valence-electron chi connectivity index (χ1n) is 6.97. The van der Waals surface area contributed by atoms with Crippen LogP contribution >= 0.6 is 23.2 Å². The Labute approximate surface area is 146 Å². The monoisotopic (exact) mass is 373 g/mol. The Morgan fingerprint density at radius 1 is 1.13 bits per heavy atom. The average Bonchev–Trinajstić information content (AvgIpc) is 2.47. The Morgan fingerprint density at radius 3 is 2.48 bits per heavy atom. The van der Waals surface area contributed by atoms with Gasteiger partial charge < -0.3 is 4.74 Å². The van der Waals surface area contributed by atoms with Gasteiger partial charge >= 0.3 is 0 Å². The van der Waals surface area contributed by atoms with Gasteiger partial charge in [0, 0.05) is 6.07 Å². The molecule has 0 aliphatic carbocycles. The third kappa shape index (κ3) is 3.91. The number of sulfonamides is 1. The van der Waals surface area contributed by atoms with Crippen molar-refractivity contribution in [2.24, 2.45) is 0 Å². The fourth-order valence-electron chi connectivity index (χ4n) is 2.04. The lowest BCUT2D eigenvalue weighted by Gasteiger charge is -2.14. The SMILES string of the molecule is CCOc1cc(Cl)c(S(=O)(=O)Nc2cccc(C)c2C)cc1Cl. The van der Waals surface area contributed by atoms with Gasteiger partial charge in [0.2, 0.25) is 0 Å². The van der Waals surface area contributed by atoms with Crippen molar-refractivity contribution in [1.29, 1.82) is 0 Å². The summed E-state index contributed by atoms with van der Waals surface area (Å²) in [6, 6.07) is 8.10. The van der Waals surface area contributed by atoms with Crippen LogP contribution in [0.5, 0.6) is 5.75 Å². The number of halogens is 2. The van der Waals surface area contributed by atoms with E-state index in [1.54, 1.807) is 19.1 Å². The molecule has 0 heterocycles. The van der Waals surface area contributed by atoms with E-state index in [4.69, 9.17) is 27.9 Å². The number of nitrogens with one attached hydrogen (secondary N) is 1. The van der Waals surface area contributed by atoms with Crippen molar-refractivity contribution < 1.29 is 13.2 Å². The summed E-state index contributed by atoms with van der Waals surface area (Å²) in [7, 11) is -3.86. The maximum atomic E-state index is 12.6. The summed E-state index contributed by atoms with van der Waals surface area (Å²) in [6.07, 6.45) is 0. The minimum Gasteiger partial charge on any atom is -0.492 e. The quantitative estimate of drug-likeness (QED) is 0.817. The second kappa shape index (κ2) is 6.99. The number of aryl methyl sites for hydroxylation is 1. The molecule has 0 unspecified atom stereocenters. The molecule has 2 rings (SSSR count). The van der Waals surface area contributed by atoms with Gasteiger partial charge in [0.25, 0.3) is 10.0 Å². The van der Waals surface area contributed by atoms with Crippen molar-refractivity contribution in [3.05, 3.63) is 51.5 Å². The van der Waals surface area contributed by atoms with Crippen LogP contribution in [0.4, 0.5) is 5.69 Å². The van der Waals surface area contributed by atoms with Gasteiger partial charge in [-0.3, -0.25) is 4.72 Å². The lowest BCUT2D eigenvalue weighted by atomic mass is 10.1. The zero-order valence-corrected chi connectivity index (χ0v) is 15.3. The summed E-state index contributed by atoms with van der Waals surface area (Å²) in [5.74, 6) is 0.352. The van der Waals surface area contributed by atoms with Crippen LogP contribution in [-0.2, 0) is 10.0 Å². The first kappa shape index (κ1) is 17.9. The Morgan fingerprint density at radius 2 is 1.83 bits per heavy atom. The molecule has 23 heavy (non-hydrogen) atoms. The summed E-state index contributed by atoms with van der Waals surface area (Å²) < 4.78 is 33.1. The zero-order valence-electron chi connectivity index (χ0n) is 13.0. The van der Waals surface area contributed by atoms with Crippen LogP contribution in [-0.4, -0.2) is 15.0 Å². The summed E-state index contributed by atoms with van der Waals surface area (Å²) in [4.78, 5) is -0.0893. The maximum absolute atomic E-state index is 12.6. The second-order valence-corrected chi connectivity index (χ2v) is 7.46. The molecule has 2 aromatic rings. The van der Waals surface area contributed by atoms with Crippen LogP contribution in [0.25, 0.3) is 0 Å². The maximum Gasteiger partial charge on any atom is 0.263 e. The van der Waals surface area contributed by atoms with Crippen molar-refractivity contribution in [2.45, 2.75) is 25.7 Å². The van der Waals surface area contributed by atoms with E-state index in [2.05, 4.69) is 4.72 Å². The fourth-order valence-corrected chi connectivity index (χ4v) is 3.99. The highest BCUT2D eigenvalue weighted by molar-refractivity contribution is 7.92. The van der Waals surface area contributed by atoms with E-state index in [1.165, 1.54) is 12.1 Å². The molecule has 0 radical (unpaired) electrons. The number of anilines is 1. The molecule has 0 fully saturated rings. The Kier molecular flexibility index (Phi) is 5.45. The van der Waals surface area contributed by atoms with Crippen molar-refractivity contribution in [1.82, 2.24) is 0 Å². The number of hydrogen-bond donors (Lipinski definition) is 1. The molecule has 0 aliphatic rings. The van der Waals surface area contributed by atoms with Crippen LogP contribution < -0.4 is 9.46 Å². The smallest absolute Gasteiger partial charge is 0.263 e. The molecule has 0 amide bonds. The van der Waals surface area contributed by atoms with Gasteiger partial charge in [-0.25, -0.2) is 8.42 Å². The van der Waals surface area contributed by atoms with Crippen LogP contribution in [0.2, 0.25) is 10.0 Å². The highest BCUT2D eigenvalue weighted by Gasteiger charge is 2.21. The van der Waals surface area contributed by atoms with Crippen molar-refractivity contribution >= 4 is 38.9 Å². The van der Waals surface area contributed by atoms with Crippen molar-refractivity contribution in [2.75, 3.05) is 11.3 Å². The van der Waals surface area contributed by atoms with E-state index in [-0.39, 0.29) is 14.9 Å². The predicted octanol–water partition coefficient (Wildman–Crippen LogP) is 4.81. The Bertz CT molecular complexity index is 835. The number of hydrogen-bond acceptors (Lipinski definition) is 3. The molecule has 7 heteroatoms. The van der Waals surface area contributed by atoms with Gasteiger partial charge in [-0.15, -0.1) is 0 Å². The summed E-state index contributed by atoms with van der Waals surface area (Å²) in [5, 5.41) is 0.244. The van der Waals surface area contributed by atoms with Crippen LogP contribution in [0.3, 0.4) is 0 Å². The highest BCUT2D eigenvalue weighted by Crippen LogP contribution is 2.34. The first-order chi connectivity index (χ1) is 10.8. The summed E-state index contributed by atoms with van der Waals surface area (Å²) >= 11 is 12.2. The van der Waals surface area contributed by atoms with Gasteiger partial charge in [0.05, 0.1) is 22.3 Å². The number of rotatable bonds is 5. The molecule has 0 aromatic heterocycles. The molecule has 0 saturated carbocycles. The second-order valence-electron chi connectivity index (χ2n) is 5.00. The van der Waals surface area contributed by atoms with E-state index < -0.39 is 10.0 Å². The van der Waals surface area contributed by atoms with Crippen molar-refractivity contribution in [3.63, 3.8) is 0 Å². The Balaban J connectivity index is 2.44. The molecule has 124 valence electrons. The molecule has 0 atom stereocenters. The van der Waals surface area contributed by atoms with Crippen molar-refractivity contribution in [3.8, 4) is 5.75 Å². The Hall–Kier alpha value is -1.43. The fraction of sp³-hybridized carbons (Fsp3) is 0.250. The average molecular weight is 374 g/mol. The van der Waals surface area contributed by atoms with Crippen LogP contribution in [0, 0.1) is 13.8 Å². The van der Waals surface area contributed by atoms with E-state index in [0.717, 1.165) is 11.1 Å². The van der Waals surface area contributed by atoms with Crippen LogP contribution in [0.1, 0.15) is 18.1 Å². The first-order valence-corrected chi connectivity index (χ1v) is 9.21. The third-order valence-corrected chi connectivity index (χ3v) is 5.55. The van der Waals surface area contributed by atoms with Gasteiger partial charge in [-0.05, 0) is 44.0 Å². The molecular formula is C16H17Cl2NO3S. The van der Waals surface area contributed by atoms with Gasteiger partial charge in [-0.1, -0.05) is 35.3 Å². The van der Waals surface area contributed by atoms with Gasteiger partial charge in [0.15, 0.2) is 0 Å². The molecule has 0 saturated heterocycles. The predicted molar refractivity (Wildman–Crippen MR) is 94.4 cm³/mol. The zero-order chi connectivity index (χ0) is 17.2. The molecular weight excluding hydrogens is 357 g/mol. The molecule has 1 N–H and O–H groups in total. The minimum absolute atomic E-state index is 0.0515. The number of ether oxygens (including phenoxy) is 1. The van der Waals surface area contributed by atoms with E-state index in [0.29, 0.717) is 18.0 Å². The molecule has 0 aliphatic heterocycles. The molecule has 0 spiro atoms. The topological polar surface area (TPSA) is 55.4 Å². The minimum atomic E-state index is -3.86.